The highest BCUT2D eigenvalue weighted by Crippen LogP contribution is 2.56. The third kappa shape index (κ3) is 5.56. The summed E-state index contributed by atoms with van der Waals surface area (Å²) in [6.45, 7) is 10.2. The predicted molar refractivity (Wildman–Crippen MR) is 271 cm³/mol. The van der Waals surface area contributed by atoms with Gasteiger partial charge in [-0.2, -0.15) is 0 Å². The summed E-state index contributed by atoms with van der Waals surface area (Å²) < 4.78 is 6.64. The number of fused-ring (bicyclic) bond motifs is 10. The van der Waals surface area contributed by atoms with Crippen molar-refractivity contribution in [2.45, 2.75) is 38.5 Å². The Morgan fingerprint density at radius 3 is 1.68 bits per heavy atom. The van der Waals surface area contributed by atoms with Crippen LogP contribution in [0.1, 0.15) is 49.9 Å². The first-order valence-corrected chi connectivity index (χ1v) is 22.8. The van der Waals surface area contributed by atoms with E-state index in [0.29, 0.717) is 6.67 Å². The van der Waals surface area contributed by atoms with Crippen molar-refractivity contribution in [3.8, 4) is 33.4 Å². The fourth-order valence-electron chi connectivity index (χ4n) is 11.4. The number of rotatable bonds is 6. The van der Waals surface area contributed by atoms with Gasteiger partial charge in [-0.15, -0.1) is 0 Å². The van der Waals surface area contributed by atoms with E-state index in [-0.39, 0.29) is 10.8 Å². The van der Waals surface area contributed by atoms with Gasteiger partial charge in [0.1, 0.15) is 17.8 Å². The van der Waals surface area contributed by atoms with Crippen molar-refractivity contribution in [2.24, 2.45) is 0 Å². The van der Waals surface area contributed by atoms with E-state index in [2.05, 4.69) is 237 Å². The highest BCUT2D eigenvalue weighted by Gasteiger charge is 2.39. The lowest BCUT2D eigenvalue weighted by molar-refractivity contribution is 0.660. The zero-order valence-corrected chi connectivity index (χ0v) is 37.0. The molecule has 13 rings (SSSR count). The SMILES string of the molecule is CC1(C)c2ccccc2-c2ccc(N(c3ccc4c(c3)oc3ccccc34)c3cc4c(cc3-c3ccc5c(c3)N(c3ccccc3)CN5c3ccccc3)-c3ccccc3C4(C)C)cc21. The minimum Gasteiger partial charge on any atom is -0.456 e. The molecule has 3 aliphatic rings. The number of nitrogens with zero attached hydrogens (tertiary/aromatic N) is 3. The fourth-order valence-corrected chi connectivity index (χ4v) is 11.4. The molecule has 0 bridgehead atoms. The van der Waals surface area contributed by atoms with Crippen molar-refractivity contribution < 1.29 is 4.42 Å². The Labute approximate surface area is 380 Å². The van der Waals surface area contributed by atoms with Crippen LogP contribution in [0.3, 0.4) is 0 Å². The van der Waals surface area contributed by atoms with Crippen LogP contribution in [0.4, 0.5) is 39.8 Å². The fraction of sp³-hybridized carbons (Fsp3) is 0.115. The van der Waals surface area contributed by atoms with Gasteiger partial charge in [0, 0.05) is 56.0 Å². The van der Waals surface area contributed by atoms with Crippen LogP contribution in [0.2, 0.25) is 0 Å². The van der Waals surface area contributed by atoms with Gasteiger partial charge < -0.3 is 19.1 Å². The highest BCUT2D eigenvalue weighted by molar-refractivity contribution is 6.07. The maximum Gasteiger partial charge on any atom is 0.137 e. The van der Waals surface area contributed by atoms with Crippen molar-refractivity contribution in [1.82, 2.24) is 0 Å². The van der Waals surface area contributed by atoms with Crippen LogP contribution < -0.4 is 14.7 Å². The Balaban J connectivity index is 1.08. The third-order valence-electron chi connectivity index (χ3n) is 14.7. The molecule has 0 unspecified atom stereocenters. The Hall–Kier alpha value is -7.82. The molecule has 0 saturated carbocycles. The Kier molecular flexibility index (Phi) is 8.03. The summed E-state index contributed by atoms with van der Waals surface area (Å²) in [5.74, 6) is 0. The number of para-hydroxylation sites is 3. The zero-order valence-electron chi connectivity index (χ0n) is 37.0. The molecule has 0 spiro atoms. The molecule has 0 amide bonds. The summed E-state index contributed by atoms with van der Waals surface area (Å²) in [6, 6.07) is 73.8. The smallest absolute Gasteiger partial charge is 0.137 e. The maximum atomic E-state index is 6.64. The lowest BCUT2D eigenvalue weighted by atomic mass is 9.81. The van der Waals surface area contributed by atoms with Gasteiger partial charge in [0.15, 0.2) is 0 Å². The van der Waals surface area contributed by atoms with Crippen molar-refractivity contribution in [1.29, 1.82) is 0 Å². The van der Waals surface area contributed by atoms with E-state index < -0.39 is 0 Å². The summed E-state index contributed by atoms with van der Waals surface area (Å²) in [6.07, 6.45) is 0. The van der Waals surface area contributed by atoms with Crippen molar-refractivity contribution in [3.63, 3.8) is 0 Å². The molecule has 9 aromatic carbocycles. The molecular weight excluding hydrogens is 791 g/mol. The first-order valence-electron chi connectivity index (χ1n) is 22.8. The van der Waals surface area contributed by atoms with E-state index in [9.17, 15) is 0 Å². The Morgan fingerprint density at radius 1 is 0.400 bits per heavy atom. The summed E-state index contributed by atoms with van der Waals surface area (Å²) in [5.41, 5.74) is 22.3. The number of hydrogen-bond acceptors (Lipinski definition) is 4. The third-order valence-corrected chi connectivity index (χ3v) is 14.7. The zero-order chi connectivity index (χ0) is 43.6. The van der Waals surface area contributed by atoms with Crippen LogP contribution in [-0.2, 0) is 10.8 Å². The molecule has 4 nitrogen and oxygen atoms in total. The van der Waals surface area contributed by atoms with Gasteiger partial charge in [0.25, 0.3) is 0 Å². The molecule has 0 N–H and O–H groups in total. The Morgan fingerprint density at radius 2 is 0.954 bits per heavy atom. The van der Waals surface area contributed by atoms with Gasteiger partial charge in [-0.1, -0.05) is 143 Å². The number of furan rings is 1. The molecular formula is C61H47N3O. The van der Waals surface area contributed by atoms with Gasteiger partial charge in [-0.3, -0.25) is 0 Å². The quantitative estimate of drug-likeness (QED) is 0.166. The molecule has 0 saturated heterocycles. The normalized spacial score (nSPS) is 14.9. The van der Waals surface area contributed by atoms with Gasteiger partial charge in [0.05, 0.1) is 17.1 Å². The lowest BCUT2D eigenvalue weighted by Gasteiger charge is -2.32. The van der Waals surface area contributed by atoms with E-state index in [0.717, 1.165) is 55.8 Å². The lowest BCUT2D eigenvalue weighted by Crippen LogP contribution is -2.23. The number of hydrogen-bond donors (Lipinski definition) is 0. The molecule has 0 atom stereocenters. The van der Waals surface area contributed by atoms with Gasteiger partial charge in [-0.05, 0) is 129 Å². The van der Waals surface area contributed by atoms with Crippen molar-refractivity contribution in [3.05, 3.63) is 222 Å². The van der Waals surface area contributed by atoms with Crippen molar-refractivity contribution >= 4 is 61.8 Å². The molecule has 0 radical (unpaired) electrons. The molecule has 312 valence electrons. The second-order valence-corrected chi connectivity index (χ2v) is 19.0. The standard InChI is InChI=1S/C61H47N3O/c1-60(2)51-24-14-11-21-44(51)46-30-28-42(34-53(46)60)64(43-29-31-48-47-23-13-16-26-58(47)65-59(48)35-43)56-37-54-50(45-22-12-15-25-52(45)61(54,3)4)36-49(56)39-27-32-55-57(33-39)63(41-19-9-6-10-20-41)38-62(55)40-17-7-5-8-18-40/h5-37H,38H2,1-4H3. The van der Waals surface area contributed by atoms with E-state index in [1.165, 1.54) is 61.6 Å². The minimum absolute atomic E-state index is 0.174. The molecule has 2 aliphatic carbocycles. The molecule has 0 fully saturated rings. The van der Waals surface area contributed by atoms with Crippen LogP contribution in [0, 0.1) is 0 Å². The minimum atomic E-state index is -0.215. The van der Waals surface area contributed by atoms with E-state index in [1.54, 1.807) is 0 Å². The second-order valence-electron chi connectivity index (χ2n) is 19.0. The molecule has 1 aliphatic heterocycles. The summed E-state index contributed by atoms with van der Waals surface area (Å²) in [4.78, 5) is 7.37. The van der Waals surface area contributed by atoms with Crippen LogP contribution >= 0.6 is 0 Å². The Bertz CT molecular complexity index is 3550. The topological polar surface area (TPSA) is 22.9 Å². The predicted octanol–water partition coefficient (Wildman–Crippen LogP) is 16.6. The first kappa shape index (κ1) is 37.7. The second kappa shape index (κ2) is 13.8. The number of anilines is 7. The van der Waals surface area contributed by atoms with Crippen LogP contribution in [0.5, 0.6) is 0 Å². The maximum absolute atomic E-state index is 6.64. The molecule has 1 aromatic heterocycles. The highest BCUT2D eigenvalue weighted by atomic mass is 16.3. The van der Waals surface area contributed by atoms with Gasteiger partial charge in [0.2, 0.25) is 0 Å². The van der Waals surface area contributed by atoms with Crippen LogP contribution in [-0.4, -0.2) is 6.67 Å². The van der Waals surface area contributed by atoms with E-state index >= 15 is 0 Å². The van der Waals surface area contributed by atoms with Gasteiger partial charge in [-0.25, -0.2) is 0 Å². The largest absolute Gasteiger partial charge is 0.456 e. The van der Waals surface area contributed by atoms with E-state index in [1.807, 2.05) is 6.07 Å². The molecule has 4 heteroatoms. The summed E-state index contributed by atoms with van der Waals surface area (Å²) >= 11 is 0. The molecule has 2 heterocycles. The molecule has 10 aromatic rings. The summed E-state index contributed by atoms with van der Waals surface area (Å²) in [5, 5.41) is 2.24. The van der Waals surface area contributed by atoms with Crippen molar-refractivity contribution in [2.75, 3.05) is 21.4 Å². The van der Waals surface area contributed by atoms with E-state index in [4.69, 9.17) is 4.42 Å². The van der Waals surface area contributed by atoms with Gasteiger partial charge >= 0.3 is 0 Å². The number of benzene rings is 9. The monoisotopic (exact) mass is 837 g/mol. The summed E-state index contributed by atoms with van der Waals surface area (Å²) in [7, 11) is 0. The van der Waals surface area contributed by atoms with Crippen LogP contribution in [0.15, 0.2) is 205 Å². The van der Waals surface area contributed by atoms with Crippen LogP contribution in [0.25, 0.3) is 55.3 Å². The molecule has 65 heavy (non-hydrogen) atoms. The first-order chi connectivity index (χ1) is 31.7. The average Bonchev–Trinajstić information content (AvgIpc) is 4.04. The average molecular weight is 838 g/mol.